The maximum Gasteiger partial charge on any atom is 0.232 e. The molecule has 0 amide bonds. The van der Waals surface area contributed by atoms with Crippen LogP contribution in [0.1, 0.15) is 71.6 Å². The molecule has 0 aromatic carbocycles. The fourth-order valence-corrected chi connectivity index (χ4v) is 5.27. The molecule has 0 radical (unpaired) electrons. The van der Waals surface area contributed by atoms with Crippen molar-refractivity contribution in [2.45, 2.75) is 83.7 Å². The fraction of sp³-hybridized carbons (Fsp3) is 0.773. The lowest BCUT2D eigenvalue weighted by atomic mass is 10.0. The van der Waals surface area contributed by atoms with E-state index in [-0.39, 0.29) is 0 Å². The molecule has 2 saturated heterocycles. The van der Waals surface area contributed by atoms with Crippen molar-refractivity contribution in [3.05, 3.63) is 6.07 Å². The second kappa shape index (κ2) is 9.45. The molecule has 4 rings (SSSR count). The van der Waals surface area contributed by atoms with Gasteiger partial charge in [0.25, 0.3) is 0 Å². The molecule has 0 bridgehead atoms. The molecule has 3 aliphatic rings. The van der Waals surface area contributed by atoms with Crippen LogP contribution in [0.25, 0.3) is 0 Å². The van der Waals surface area contributed by atoms with Crippen molar-refractivity contribution in [1.29, 1.82) is 0 Å². The molecule has 1 saturated carbocycles. The second-order valence-corrected chi connectivity index (χ2v) is 9.63. The Balaban J connectivity index is 1.55. The highest BCUT2D eigenvalue weighted by molar-refractivity contribution is 7.80. The van der Waals surface area contributed by atoms with Crippen LogP contribution in [0.4, 0.5) is 17.6 Å². The second-order valence-electron chi connectivity index (χ2n) is 9.22. The van der Waals surface area contributed by atoms with Crippen molar-refractivity contribution < 1.29 is 0 Å². The number of hydrogen-bond acceptors (Lipinski definition) is 5. The van der Waals surface area contributed by atoms with E-state index in [1.54, 1.807) is 0 Å². The molecule has 160 valence electrons. The van der Waals surface area contributed by atoms with Gasteiger partial charge in [-0.05, 0) is 70.0 Å². The SMILES string of the molecule is C[C@@H]1CCCN(c2cc(N3CCCC[C@H]3C)nc(NC(=S)NC3CCCC3)n2)C1. The van der Waals surface area contributed by atoms with E-state index in [0.29, 0.717) is 29.1 Å². The molecule has 1 aliphatic carbocycles. The van der Waals surface area contributed by atoms with Crippen LogP contribution >= 0.6 is 12.2 Å². The molecule has 2 atom stereocenters. The van der Waals surface area contributed by atoms with Crippen LogP contribution in [0.2, 0.25) is 0 Å². The summed E-state index contributed by atoms with van der Waals surface area (Å²) in [5.74, 6) is 3.40. The minimum atomic E-state index is 0.489. The highest BCUT2D eigenvalue weighted by Gasteiger charge is 2.24. The first-order valence-electron chi connectivity index (χ1n) is 11.6. The lowest BCUT2D eigenvalue weighted by Gasteiger charge is -2.36. The standard InChI is InChI=1S/C22H36N6S/c1-16-8-7-12-27(15-16)19-14-20(28-13-6-5-9-17(28)2)25-21(24-19)26-22(29)23-18-10-3-4-11-18/h14,16-18H,3-13,15H2,1-2H3,(H2,23,24,25,26,29)/t16-,17-/m1/s1. The third-order valence-corrected chi connectivity index (χ3v) is 6.91. The van der Waals surface area contributed by atoms with Gasteiger partial charge in [0.05, 0.1) is 0 Å². The summed E-state index contributed by atoms with van der Waals surface area (Å²) in [6, 6.07) is 3.20. The van der Waals surface area contributed by atoms with Crippen LogP contribution < -0.4 is 20.4 Å². The van der Waals surface area contributed by atoms with Gasteiger partial charge in [0.1, 0.15) is 11.6 Å². The Hall–Kier alpha value is -1.63. The summed E-state index contributed by atoms with van der Waals surface area (Å²) in [4.78, 5) is 14.6. The Morgan fingerprint density at radius 2 is 1.72 bits per heavy atom. The van der Waals surface area contributed by atoms with Crippen LogP contribution in [0.5, 0.6) is 0 Å². The number of rotatable bonds is 4. The summed E-state index contributed by atoms with van der Waals surface area (Å²) < 4.78 is 0. The number of aromatic nitrogens is 2. The molecule has 1 aromatic rings. The molecule has 0 spiro atoms. The zero-order valence-electron chi connectivity index (χ0n) is 18.0. The van der Waals surface area contributed by atoms with Gasteiger partial charge in [0.2, 0.25) is 5.95 Å². The van der Waals surface area contributed by atoms with Gasteiger partial charge < -0.3 is 20.4 Å². The Bertz CT molecular complexity index is 705. The number of hydrogen-bond donors (Lipinski definition) is 2. The molecule has 29 heavy (non-hydrogen) atoms. The quantitative estimate of drug-likeness (QED) is 0.709. The van der Waals surface area contributed by atoms with Crippen LogP contribution in [-0.4, -0.2) is 46.8 Å². The average molecular weight is 417 g/mol. The summed E-state index contributed by atoms with van der Waals surface area (Å²) in [5, 5.41) is 7.40. The lowest BCUT2D eigenvalue weighted by Crippen LogP contribution is -2.40. The Morgan fingerprint density at radius 3 is 2.48 bits per heavy atom. The Labute approximate surface area is 180 Å². The number of anilines is 3. The first-order chi connectivity index (χ1) is 14.1. The van der Waals surface area contributed by atoms with Gasteiger partial charge in [-0.3, -0.25) is 0 Å². The van der Waals surface area contributed by atoms with E-state index in [2.05, 4.69) is 40.3 Å². The number of piperidine rings is 2. The Kier molecular flexibility index (Phi) is 6.73. The third-order valence-electron chi connectivity index (χ3n) is 6.69. The van der Waals surface area contributed by atoms with E-state index in [9.17, 15) is 0 Å². The highest BCUT2D eigenvalue weighted by atomic mass is 32.1. The summed E-state index contributed by atoms with van der Waals surface area (Å²) in [6.45, 7) is 7.85. The third kappa shape index (κ3) is 5.30. The largest absolute Gasteiger partial charge is 0.360 e. The normalized spacial score (nSPS) is 25.9. The van der Waals surface area contributed by atoms with Crippen LogP contribution in [0.15, 0.2) is 6.07 Å². The van der Waals surface area contributed by atoms with Crippen molar-refractivity contribution in [2.75, 3.05) is 34.8 Å². The molecule has 2 N–H and O–H groups in total. The summed E-state index contributed by atoms with van der Waals surface area (Å²) in [6.07, 6.45) is 11.3. The van der Waals surface area contributed by atoms with Crippen molar-refractivity contribution in [3.63, 3.8) is 0 Å². The van der Waals surface area contributed by atoms with Gasteiger partial charge in [0.15, 0.2) is 5.11 Å². The summed E-state index contributed by atoms with van der Waals surface area (Å²) >= 11 is 5.58. The molecule has 2 aliphatic heterocycles. The van der Waals surface area contributed by atoms with Crippen LogP contribution in [-0.2, 0) is 0 Å². The van der Waals surface area contributed by atoms with Gasteiger partial charge in [-0.25, -0.2) is 0 Å². The maximum absolute atomic E-state index is 5.58. The fourth-order valence-electron chi connectivity index (χ4n) is 5.02. The van der Waals surface area contributed by atoms with E-state index in [0.717, 1.165) is 31.3 Å². The molecular formula is C22H36N6S. The van der Waals surface area contributed by atoms with Gasteiger partial charge in [0, 0.05) is 37.8 Å². The predicted molar refractivity (Wildman–Crippen MR) is 125 cm³/mol. The van der Waals surface area contributed by atoms with Crippen LogP contribution in [0.3, 0.4) is 0 Å². The predicted octanol–water partition coefficient (Wildman–Crippen LogP) is 4.32. The topological polar surface area (TPSA) is 56.3 Å². The van der Waals surface area contributed by atoms with Crippen molar-refractivity contribution in [2.24, 2.45) is 5.92 Å². The molecule has 7 heteroatoms. The van der Waals surface area contributed by atoms with Gasteiger partial charge >= 0.3 is 0 Å². The van der Waals surface area contributed by atoms with Crippen molar-refractivity contribution >= 4 is 34.9 Å². The first-order valence-corrected chi connectivity index (χ1v) is 12.0. The lowest BCUT2D eigenvalue weighted by molar-refractivity contribution is 0.444. The van der Waals surface area contributed by atoms with Gasteiger partial charge in [-0.1, -0.05) is 19.8 Å². The minimum Gasteiger partial charge on any atom is -0.360 e. The number of nitrogens with zero attached hydrogens (tertiary/aromatic N) is 4. The number of thiocarbonyl (C=S) groups is 1. The van der Waals surface area contributed by atoms with E-state index in [1.807, 2.05) is 0 Å². The number of nitrogens with one attached hydrogen (secondary N) is 2. The molecule has 0 unspecified atom stereocenters. The van der Waals surface area contributed by atoms with E-state index in [4.69, 9.17) is 22.2 Å². The summed E-state index contributed by atoms with van der Waals surface area (Å²) in [7, 11) is 0. The minimum absolute atomic E-state index is 0.489. The smallest absolute Gasteiger partial charge is 0.232 e. The molecule has 3 heterocycles. The zero-order chi connectivity index (χ0) is 20.2. The van der Waals surface area contributed by atoms with E-state index < -0.39 is 0 Å². The van der Waals surface area contributed by atoms with Crippen molar-refractivity contribution in [3.8, 4) is 0 Å². The molecule has 3 fully saturated rings. The molecule has 6 nitrogen and oxygen atoms in total. The molecular weight excluding hydrogens is 380 g/mol. The van der Waals surface area contributed by atoms with Gasteiger partial charge in [-0.15, -0.1) is 0 Å². The average Bonchev–Trinajstić information content (AvgIpc) is 3.21. The maximum atomic E-state index is 5.58. The van der Waals surface area contributed by atoms with E-state index >= 15 is 0 Å². The van der Waals surface area contributed by atoms with E-state index in [1.165, 1.54) is 57.8 Å². The highest BCUT2D eigenvalue weighted by Crippen LogP contribution is 2.29. The van der Waals surface area contributed by atoms with Gasteiger partial charge in [-0.2, -0.15) is 9.97 Å². The molecule has 1 aromatic heterocycles. The van der Waals surface area contributed by atoms with Crippen LogP contribution in [0, 0.1) is 5.92 Å². The first kappa shape index (κ1) is 20.6. The zero-order valence-corrected chi connectivity index (χ0v) is 18.8. The Morgan fingerprint density at radius 1 is 0.966 bits per heavy atom. The summed E-state index contributed by atoms with van der Waals surface area (Å²) in [5.41, 5.74) is 0. The van der Waals surface area contributed by atoms with Crippen molar-refractivity contribution in [1.82, 2.24) is 15.3 Å². The monoisotopic (exact) mass is 416 g/mol.